The van der Waals surface area contributed by atoms with E-state index in [1.54, 1.807) is 6.07 Å². The fourth-order valence-electron chi connectivity index (χ4n) is 5.22. The molecule has 1 atom stereocenters. The third-order valence-corrected chi connectivity index (χ3v) is 7.02. The normalized spacial score (nSPS) is 14.5. The Morgan fingerprint density at radius 1 is 1.00 bits per heavy atom. The van der Waals surface area contributed by atoms with Gasteiger partial charge in [0.05, 0.1) is 29.2 Å². The number of para-hydroxylation sites is 1. The van der Waals surface area contributed by atoms with Crippen LogP contribution in [0, 0.1) is 5.92 Å². The van der Waals surface area contributed by atoms with E-state index >= 15 is 0 Å². The fourth-order valence-corrected chi connectivity index (χ4v) is 5.22. The summed E-state index contributed by atoms with van der Waals surface area (Å²) in [5.41, 5.74) is 9.92. The van der Waals surface area contributed by atoms with E-state index < -0.39 is 12.1 Å². The minimum atomic E-state index is -5.08. The molecule has 11 heteroatoms. The van der Waals surface area contributed by atoms with Gasteiger partial charge in [0.25, 0.3) is 0 Å². The highest BCUT2D eigenvalue weighted by molar-refractivity contribution is 5.89. The highest BCUT2D eigenvalue weighted by Crippen LogP contribution is 2.41. The van der Waals surface area contributed by atoms with Gasteiger partial charge < -0.3 is 24.9 Å². The number of ether oxygens (including phenoxy) is 2. The van der Waals surface area contributed by atoms with E-state index in [0.29, 0.717) is 24.0 Å². The number of anilines is 1. The zero-order valence-corrected chi connectivity index (χ0v) is 23.0. The molecule has 1 aliphatic rings. The number of aliphatic carboxylic acids is 1. The molecule has 1 unspecified atom stereocenters. The van der Waals surface area contributed by atoms with Crippen LogP contribution in [0.5, 0.6) is 11.5 Å². The van der Waals surface area contributed by atoms with Crippen molar-refractivity contribution in [2.24, 2.45) is 5.92 Å². The Labute approximate surface area is 240 Å². The van der Waals surface area contributed by atoms with Gasteiger partial charge in [0.2, 0.25) is 5.95 Å². The lowest BCUT2D eigenvalue weighted by Crippen LogP contribution is -2.24. The Morgan fingerprint density at radius 2 is 1.69 bits per heavy atom. The number of hydrogen-bond acceptors (Lipinski definition) is 6. The average Bonchev–Trinajstić information content (AvgIpc) is 3.29. The third kappa shape index (κ3) is 7.39. The summed E-state index contributed by atoms with van der Waals surface area (Å²) >= 11 is 0. The first-order valence-electron chi connectivity index (χ1n) is 13.7. The molecule has 3 N–H and O–H groups in total. The Balaban J connectivity index is 0.000000517. The van der Waals surface area contributed by atoms with Crippen molar-refractivity contribution in [3.63, 3.8) is 0 Å². The fraction of sp³-hybridized carbons (Fsp3) is 0.323. The molecule has 1 aliphatic carbocycles. The van der Waals surface area contributed by atoms with E-state index in [2.05, 4.69) is 15.6 Å². The molecule has 4 aromatic rings. The zero-order valence-electron chi connectivity index (χ0n) is 23.0. The van der Waals surface area contributed by atoms with Crippen LogP contribution in [-0.2, 0) is 9.53 Å². The SMILES string of the molecule is CCOC(=O)c1cccc(C(C2CCCCC2)n2c(N)nc3ccc(Oc4ccccc4)cc32)c1.O=C(O)C(F)(F)F. The summed E-state index contributed by atoms with van der Waals surface area (Å²) in [5.74, 6) is -0.704. The van der Waals surface area contributed by atoms with E-state index in [9.17, 15) is 18.0 Å². The minimum Gasteiger partial charge on any atom is -0.475 e. The Hall–Kier alpha value is -4.54. The number of carbonyl (C=O) groups is 2. The maximum atomic E-state index is 12.5. The molecule has 5 rings (SSSR count). The molecule has 42 heavy (non-hydrogen) atoms. The maximum Gasteiger partial charge on any atom is 0.490 e. The van der Waals surface area contributed by atoms with Crippen molar-refractivity contribution < 1.29 is 37.3 Å². The Morgan fingerprint density at radius 3 is 2.33 bits per heavy atom. The number of carboxylic acid groups (broad SMARTS) is 1. The maximum absolute atomic E-state index is 12.5. The highest BCUT2D eigenvalue weighted by atomic mass is 19.4. The number of benzene rings is 3. The van der Waals surface area contributed by atoms with Crippen LogP contribution in [0.2, 0.25) is 0 Å². The summed E-state index contributed by atoms with van der Waals surface area (Å²) in [6, 6.07) is 23.3. The molecule has 8 nitrogen and oxygen atoms in total. The van der Waals surface area contributed by atoms with Gasteiger partial charge in [-0.25, -0.2) is 14.6 Å². The van der Waals surface area contributed by atoms with E-state index in [1.165, 1.54) is 19.3 Å². The van der Waals surface area contributed by atoms with Crippen LogP contribution in [0.3, 0.4) is 0 Å². The molecular formula is C31H32F3N3O5. The second kappa shape index (κ2) is 13.4. The van der Waals surface area contributed by atoms with E-state index in [1.807, 2.05) is 67.6 Å². The number of halogens is 3. The molecule has 1 heterocycles. The van der Waals surface area contributed by atoms with Gasteiger partial charge in [-0.2, -0.15) is 13.2 Å². The summed E-state index contributed by atoms with van der Waals surface area (Å²) in [6.45, 7) is 2.17. The number of carboxylic acids is 1. The number of alkyl halides is 3. The number of aromatic nitrogens is 2. The van der Waals surface area contributed by atoms with Crippen LogP contribution in [0.25, 0.3) is 11.0 Å². The standard InChI is InChI=1S/C29H31N3O3.C2HF3O2/c1-2-34-28(33)22-13-9-12-21(18-22)27(20-10-5-3-6-11-20)32-26-19-24(16-17-25(26)31-29(32)30)35-23-14-7-4-8-15-23;3-2(4,5)1(6)7/h4,7-9,12-20,27H,2-3,5-6,10-11H2,1H3,(H2,30,31);(H,6,7). The first-order chi connectivity index (χ1) is 20.1. The molecule has 0 aliphatic heterocycles. The summed E-state index contributed by atoms with van der Waals surface area (Å²) in [6.07, 6.45) is 0.754. The number of rotatable bonds is 7. The highest BCUT2D eigenvalue weighted by Gasteiger charge is 2.38. The van der Waals surface area contributed by atoms with Gasteiger partial charge in [0, 0.05) is 6.07 Å². The predicted octanol–water partition coefficient (Wildman–Crippen LogP) is 7.39. The van der Waals surface area contributed by atoms with Gasteiger partial charge in [-0.05, 0) is 67.6 Å². The topological polar surface area (TPSA) is 117 Å². The van der Waals surface area contributed by atoms with Crippen LogP contribution < -0.4 is 10.5 Å². The van der Waals surface area contributed by atoms with E-state index in [-0.39, 0.29) is 12.0 Å². The quantitative estimate of drug-likeness (QED) is 0.218. The number of nitrogens with two attached hydrogens (primary N) is 1. The predicted molar refractivity (Wildman–Crippen MR) is 151 cm³/mol. The summed E-state index contributed by atoms with van der Waals surface area (Å²) in [7, 11) is 0. The molecule has 0 radical (unpaired) electrons. The van der Waals surface area contributed by atoms with E-state index in [0.717, 1.165) is 40.9 Å². The van der Waals surface area contributed by atoms with Crippen molar-refractivity contribution in [1.29, 1.82) is 0 Å². The van der Waals surface area contributed by atoms with Gasteiger partial charge in [-0.3, -0.25) is 0 Å². The Kier molecular flexibility index (Phi) is 9.72. The second-order valence-corrected chi connectivity index (χ2v) is 9.90. The van der Waals surface area contributed by atoms with Crippen molar-refractivity contribution in [2.75, 3.05) is 12.3 Å². The number of carbonyl (C=O) groups excluding carboxylic acids is 1. The molecule has 1 saturated carbocycles. The molecule has 222 valence electrons. The molecule has 0 bridgehead atoms. The lowest BCUT2D eigenvalue weighted by atomic mass is 9.80. The second-order valence-electron chi connectivity index (χ2n) is 9.90. The Bertz CT molecular complexity index is 1520. The number of fused-ring (bicyclic) bond motifs is 1. The van der Waals surface area contributed by atoms with Crippen molar-refractivity contribution >= 4 is 28.9 Å². The van der Waals surface area contributed by atoms with Gasteiger partial charge >= 0.3 is 18.1 Å². The molecule has 1 fully saturated rings. The average molecular weight is 584 g/mol. The van der Waals surface area contributed by atoms with Crippen molar-refractivity contribution in [3.8, 4) is 11.5 Å². The first-order valence-corrected chi connectivity index (χ1v) is 13.7. The number of esters is 1. The molecule has 3 aromatic carbocycles. The van der Waals surface area contributed by atoms with Crippen LogP contribution in [0.4, 0.5) is 19.1 Å². The number of hydrogen-bond donors (Lipinski definition) is 2. The molecule has 0 spiro atoms. The molecule has 1 aromatic heterocycles. The van der Waals surface area contributed by atoms with E-state index in [4.69, 9.17) is 25.1 Å². The lowest BCUT2D eigenvalue weighted by Gasteiger charge is -2.33. The minimum absolute atomic E-state index is 0.0401. The van der Waals surface area contributed by atoms with Crippen molar-refractivity contribution in [2.45, 2.75) is 51.2 Å². The number of nitrogens with zero attached hydrogens (tertiary/aromatic N) is 2. The summed E-state index contributed by atoms with van der Waals surface area (Å²) in [4.78, 5) is 26.1. The van der Waals surface area contributed by atoms with Crippen LogP contribution in [0.15, 0.2) is 72.8 Å². The monoisotopic (exact) mass is 583 g/mol. The largest absolute Gasteiger partial charge is 0.490 e. The number of nitrogen functional groups attached to an aromatic ring is 1. The van der Waals surface area contributed by atoms with Crippen LogP contribution >= 0.6 is 0 Å². The zero-order chi connectivity index (χ0) is 30.3. The molecule has 0 saturated heterocycles. The van der Waals surface area contributed by atoms with Gasteiger partial charge in [-0.15, -0.1) is 0 Å². The number of imidazole rings is 1. The van der Waals surface area contributed by atoms with Crippen molar-refractivity contribution in [1.82, 2.24) is 9.55 Å². The molecule has 0 amide bonds. The smallest absolute Gasteiger partial charge is 0.475 e. The van der Waals surface area contributed by atoms with Crippen LogP contribution in [0.1, 0.15) is 61.0 Å². The van der Waals surface area contributed by atoms with Crippen LogP contribution in [-0.4, -0.2) is 39.4 Å². The third-order valence-electron chi connectivity index (χ3n) is 7.02. The van der Waals surface area contributed by atoms with Gasteiger partial charge in [-0.1, -0.05) is 49.6 Å². The summed E-state index contributed by atoms with van der Waals surface area (Å²) < 4.78 is 45.3. The van der Waals surface area contributed by atoms with Gasteiger partial charge in [0.1, 0.15) is 11.5 Å². The first kappa shape index (κ1) is 30.4. The van der Waals surface area contributed by atoms with Gasteiger partial charge in [0.15, 0.2) is 0 Å². The summed E-state index contributed by atoms with van der Waals surface area (Å²) in [5, 5.41) is 7.12. The van der Waals surface area contributed by atoms with Crippen molar-refractivity contribution in [3.05, 3.63) is 83.9 Å². The lowest BCUT2D eigenvalue weighted by molar-refractivity contribution is -0.192. The molecular weight excluding hydrogens is 551 g/mol.